The number of carbonyl (C=O) groups is 2. The molecule has 1 aliphatic rings. The molecule has 0 unspecified atom stereocenters. The van der Waals surface area contributed by atoms with Gasteiger partial charge >= 0.3 is 5.97 Å². The number of hydrogen-bond donors (Lipinski definition) is 2. The van der Waals surface area contributed by atoms with E-state index >= 15 is 0 Å². The first kappa shape index (κ1) is 13.6. The topological polar surface area (TPSA) is 74.6 Å². The number of nitrogens with one attached hydrogen (secondary N) is 1. The molecule has 1 amide bonds. The molecule has 1 fully saturated rings. The fourth-order valence-electron chi connectivity index (χ4n) is 2.04. The molecule has 6 nitrogen and oxygen atoms in total. The minimum Gasteiger partial charge on any atom is -0.480 e. The predicted molar refractivity (Wildman–Crippen MR) is 70.1 cm³/mol. The Hall–Kier alpha value is -1.82. The number of rotatable bonds is 7. The van der Waals surface area contributed by atoms with Crippen LogP contribution in [0.2, 0.25) is 0 Å². The molecule has 0 atom stereocenters. The summed E-state index contributed by atoms with van der Waals surface area (Å²) in [5.41, 5.74) is 0.386. The van der Waals surface area contributed by atoms with Crippen LogP contribution in [0.25, 0.3) is 0 Å². The maximum absolute atomic E-state index is 11.9. The Balaban J connectivity index is 1.81. The molecule has 2 N–H and O–H groups in total. The van der Waals surface area contributed by atoms with Crippen LogP contribution in [0.5, 0.6) is 0 Å². The number of aliphatic carboxylic acids is 1. The van der Waals surface area contributed by atoms with Crippen LogP contribution < -0.4 is 5.32 Å². The number of carbonyl (C=O) groups excluding carboxylic acids is 1. The first-order valence-electron chi connectivity index (χ1n) is 6.43. The van der Waals surface area contributed by atoms with E-state index in [1.807, 2.05) is 0 Å². The molecule has 1 heterocycles. The van der Waals surface area contributed by atoms with Crippen molar-refractivity contribution in [3.8, 4) is 0 Å². The van der Waals surface area contributed by atoms with E-state index in [-0.39, 0.29) is 12.5 Å². The van der Waals surface area contributed by atoms with Crippen molar-refractivity contribution in [1.29, 1.82) is 0 Å². The highest BCUT2D eigenvalue weighted by Crippen LogP contribution is 2.24. The number of amides is 1. The molecule has 1 aromatic rings. The number of carboxylic acid groups (broad SMARTS) is 1. The summed E-state index contributed by atoms with van der Waals surface area (Å²) in [5, 5.41) is 11.6. The lowest BCUT2D eigenvalue weighted by Gasteiger charge is -2.15. The van der Waals surface area contributed by atoms with Gasteiger partial charge in [-0.1, -0.05) is 0 Å². The Morgan fingerprint density at radius 3 is 2.89 bits per heavy atom. The largest absolute Gasteiger partial charge is 0.480 e. The van der Waals surface area contributed by atoms with Gasteiger partial charge in [-0.15, -0.1) is 0 Å². The van der Waals surface area contributed by atoms with Crippen molar-refractivity contribution in [2.75, 3.05) is 20.1 Å². The number of hydrogen-bond acceptors (Lipinski definition) is 3. The molecule has 1 aliphatic carbocycles. The van der Waals surface area contributed by atoms with Crippen molar-refractivity contribution in [3.63, 3.8) is 0 Å². The third-order valence-corrected chi connectivity index (χ3v) is 3.29. The van der Waals surface area contributed by atoms with Crippen molar-refractivity contribution >= 4 is 11.9 Å². The summed E-state index contributed by atoms with van der Waals surface area (Å²) in [6.07, 6.45) is 4.08. The summed E-state index contributed by atoms with van der Waals surface area (Å²) in [6.45, 7) is 1.19. The molecule has 1 saturated carbocycles. The van der Waals surface area contributed by atoms with Gasteiger partial charge in [0.05, 0.1) is 0 Å². The van der Waals surface area contributed by atoms with Gasteiger partial charge in [0, 0.05) is 25.3 Å². The Labute approximate surface area is 112 Å². The molecule has 104 valence electrons. The molecule has 0 radical (unpaired) electrons. The normalized spacial score (nSPS) is 14.6. The molecule has 1 aromatic heterocycles. The first-order valence-corrected chi connectivity index (χ1v) is 6.43. The minimum atomic E-state index is -0.960. The highest BCUT2D eigenvalue weighted by atomic mass is 16.4. The first-order chi connectivity index (χ1) is 9.08. The third kappa shape index (κ3) is 3.82. The molecule has 2 rings (SSSR count). The molecule has 0 saturated heterocycles. The van der Waals surface area contributed by atoms with E-state index in [1.165, 1.54) is 17.4 Å². The second kappa shape index (κ2) is 5.88. The standard InChI is InChI=1S/C13H19N3O3/c1-15(10-4-5-10)8-6-14-13(19)11-3-2-7-16(11)9-12(17)18/h2-3,7,10H,4-6,8-9H2,1H3,(H,14,19)(H,17,18). The van der Waals surface area contributed by atoms with E-state index in [4.69, 9.17) is 5.11 Å². The van der Waals surface area contributed by atoms with Crippen LogP contribution in [0.1, 0.15) is 23.3 Å². The average molecular weight is 265 g/mol. The molecule has 6 heteroatoms. The zero-order chi connectivity index (χ0) is 13.8. The molecular formula is C13H19N3O3. The van der Waals surface area contributed by atoms with E-state index in [1.54, 1.807) is 18.3 Å². The van der Waals surface area contributed by atoms with E-state index < -0.39 is 5.97 Å². The molecular weight excluding hydrogens is 246 g/mol. The fraction of sp³-hybridized carbons (Fsp3) is 0.538. The summed E-state index contributed by atoms with van der Waals surface area (Å²) >= 11 is 0. The highest BCUT2D eigenvalue weighted by molar-refractivity contribution is 5.93. The number of likely N-dealkylation sites (N-methyl/N-ethyl adjacent to an activating group) is 1. The SMILES string of the molecule is CN(CCNC(=O)c1cccn1CC(=O)O)C1CC1. The summed E-state index contributed by atoms with van der Waals surface area (Å²) in [4.78, 5) is 24.8. The monoisotopic (exact) mass is 265 g/mol. The Bertz CT molecular complexity index is 465. The zero-order valence-corrected chi connectivity index (χ0v) is 11.0. The van der Waals surface area contributed by atoms with Gasteiger partial charge in [0.1, 0.15) is 12.2 Å². The van der Waals surface area contributed by atoms with Gasteiger partial charge in [0.15, 0.2) is 0 Å². The lowest BCUT2D eigenvalue weighted by Crippen LogP contribution is -2.35. The zero-order valence-electron chi connectivity index (χ0n) is 11.0. The van der Waals surface area contributed by atoms with Crippen LogP contribution in [-0.2, 0) is 11.3 Å². The Morgan fingerprint density at radius 2 is 2.26 bits per heavy atom. The van der Waals surface area contributed by atoms with Crippen LogP contribution in [0, 0.1) is 0 Å². The van der Waals surface area contributed by atoms with Gasteiger partial charge < -0.3 is 19.9 Å². The second-order valence-corrected chi connectivity index (χ2v) is 4.88. The fourth-order valence-corrected chi connectivity index (χ4v) is 2.04. The van der Waals surface area contributed by atoms with E-state index in [9.17, 15) is 9.59 Å². The van der Waals surface area contributed by atoms with Crippen molar-refractivity contribution in [1.82, 2.24) is 14.8 Å². The van der Waals surface area contributed by atoms with E-state index in [0.717, 1.165) is 6.54 Å². The van der Waals surface area contributed by atoms with Crippen LogP contribution in [0.3, 0.4) is 0 Å². The van der Waals surface area contributed by atoms with Crippen LogP contribution in [0.15, 0.2) is 18.3 Å². The van der Waals surface area contributed by atoms with E-state index in [0.29, 0.717) is 18.3 Å². The Kier molecular flexibility index (Phi) is 4.21. The predicted octanol–water partition coefficient (Wildman–Crippen LogP) is 0.397. The highest BCUT2D eigenvalue weighted by Gasteiger charge is 2.25. The van der Waals surface area contributed by atoms with Gasteiger partial charge in [-0.2, -0.15) is 0 Å². The minimum absolute atomic E-state index is 0.197. The summed E-state index contributed by atoms with van der Waals surface area (Å²) in [7, 11) is 2.05. The lowest BCUT2D eigenvalue weighted by atomic mass is 10.4. The quantitative estimate of drug-likeness (QED) is 0.748. The number of nitrogens with zero attached hydrogens (tertiary/aromatic N) is 2. The van der Waals surface area contributed by atoms with Gasteiger partial charge in [0.25, 0.3) is 5.91 Å². The van der Waals surface area contributed by atoms with Crippen molar-refractivity contribution in [3.05, 3.63) is 24.0 Å². The van der Waals surface area contributed by atoms with Crippen LogP contribution >= 0.6 is 0 Å². The van der Waals surface area contributed by atoms with Crippen LogP contribution in [0.4, 0.5) is 0 Å². The van der Waals surface area contributed by atoms with Gasteiger partial charge in [-0.25, -0.2) is 0 Å². The van der Waals surface area contributed by atoms with Gasteiger partial charge in [0.2, 0.25) is 0 Å². The molecule has 0 spiro atoms. The lowest BCUT2D eigenvalue weighted by molar-refractivity contribution is -0.137. The smallest absolute Gasteiger partial charge is 0.323 e. The summed E-state index contributed by atoms with van der Waals surface area (Å²) < 4.78 is 1.43. The van der Waals surface area contributed by atoms with Crippen molar-refractivity contribution in [2.45, 2.75) is 25.4 Å². The van der Waals surface area contributed by atoms with E-state index in [2.05, 4.69) is 17.3 Å². The third-order valence-electron chi connectivity index (χ3n) is 3.29. The molecule has 0 aliphatic heterocycles. The summed E-state index contributed by atoms with van der Waals surface area (Å²) in [6, 6.07) is 3.98. The van der Waals surface area contributed by atoms with Crippen LogP contribution in [-0.4, -0.2) is 52.6 Å². The maximum atomic E-state index is 11.9. The molecule has 0 bridgehead atoms. The van der Waals surface area contributed by atoms with Gasteiger partial charge in [-0.3, -0.25) is 9.59 Å². The maximum Gasteiger partial charge on any atom is 0.323 e. The molecule has 0 aromatic carbocycles. The van der Waals surface area contributed by atoms with Gasteiger partial charge in [-0.05, 0) is 32.0 Å². The van der Waals surface area contributed by atoms with Crippen molar-refractivity contribution < 1.29 is 14.7 Å². The van der Waals surface area contributed by atoms with Crippen molar-refractivity contribution in [2.24, 2.45) is 0 Å². The summed E-state index contributed by atoms with van der Waals surface area (Å²) in [5.74, 6) is -1.19. The number of aromatic nitrogens is 1. The second-order valence-electron chi connectivity index (χ2n) is 4.88. The Morgan fingerprint density at radius 1 is 1.53 bits per heavy atom. The number of carboxylic acids is 1. The average Bonchev–Trinajstić information content (AvgIpc) is 3.10. The molecule has 19 heavy (non-hydrogen) atoms.